The number of carbonyl (C=O) groups excluding carboxylic acids is 2. The standard InChI is InChI=1S/C19H27N3O2.ClH/c1-13-11-14(18(23)21-16-6-2-3-7-16)8-9-17(13)22-19(24)15-5-4-10-20-12-15;/h8-9,11,15-16,20H,2-7,10,12H2,1H3,(H,21,23)(H,22,24);1H. The maximum Gasteiger partial charge on any atom is 0.251 e. The Morgan fingerprint density at radius 1 is 1.12 bits per heavy atom. The molecule has 2 amide bonds. The van der Waals surface area contributed by atoms with Crippen molar-refractivity contribution in [1.82, 2.24) is 10.6 Å². The van der Waals surface area contributed by atoms with Crippen LogP contribution in [0.15, 0.2) is 18.2 Å². The molecule has 1 unspecified atom stereocenters. The average Bonchev–Trinajstić information content (AvgIpc) is 3.10. The molecule has 2 aliphatic rings. The molecule has 1 aromatic carbocycles. The molecule has 1 aliphatic heterocycles. The van der Waals surface area contributed by atoms with Crippen molar-refractivity contribution in [1.29, 1.82) is 0 Å². The Morgan fingerprint density at radius 3 is 2.52 bits per heavy atom. The first-order valence-electron chi connectivity index (χ1n) is 9.06. The second-order valence-electron chi connectivity index (χ2n) is 7.02. The molecule has 1 aromatic rings. The van der Waals surface area contributed by atoms with Gasteiger partial charge in [0.1, 0.15) is 0 Å². The van der Waals surface area contributed by atoms with Crippen LogP contribution in [0.5, 0.6) is 0 Å². The van der Waals surface area contributed by atoms with E-state index in [4.69, 9.17) is 0 Å². The molecule has 3 rings (SSSR count). The fraction of sp³-hybridized carbons (Fsp3) is 0.579. The Hall–Kier alpha value is -1.59. The molecule has 5 nitrogen and oxygen atoms in total. The molecule has 1 atom stereocenters. The number of halogens is 1. The van der Waals surface area contributed by atoms with Gasteiger partial charge in [-0.1, -0.05) is 12.8 Å². The van der Waals surface area contributed by atoms with Crippen LogP contribution in [0.25, 0.3) is 0 Å². The summed E-state index contributed by atoms with van der Waals surface area (Å²) in [5.74, 6) is 0.0799. The van der Waals surface area contributed by atoms with Gasteiger partial charge < -0.3 is 16.0 Å². The summed E-state index contributed by atoms with van der Waals surface area (Å²) in [4.78, 5) is 24.7. The summed E-state index contributed by atoms with van der Waals surface area (Å²) in [6, 6.07) is 5.81. The van der Waals surface area contributed by atoms with Crippen LogP contribution in [0.4, 0.5) is 5.69 Å². The summed E-state index contributed by atoms with van der Waals surface area (Å²) < 4.78 is 0. The molecule has 0 aromatic heterocycles. The molecule has 1 aliphatic carbocycles. The van der Waals surface area contributed by atoms with E-state index in [2.05, 4.69) is 16.0 Å². The van der Waals surface area contributed by atoms with Gasteiger partial charge >= 0.3 is 0 Å². The van der Waals surface area contributed by atoms with Gasteiger partial charge in [0.25, 0.3) is 5.91 Å². The van der Waals surface area contributed by atoms with E-state index in [9.17, 15) is 9.59 Å². The molecule has 1 saturated heterocycles. The number of piperidine rings is 1. The number of aryl methyl sites for hydroxylation is 1. The Bertz CT molecular complexity index is 609. The van der Waals surface area contributed by atoms with Gasteiger partial charge in [-0.2, -0.15) is 0 Å². The van der Waals surface area contributed by atoms with E-state index < -0.39 is 0 Å². The minimum Gasteiger partial charge on any atom is -0.349 e. The molecule has 3 N–H and O–H groups in total. The molecule has 0 bridgehead atoms. The Balaban J connectivity index is 0.00000225. The first-order chi connectivity index (χ1) is 11.6. The third kappa shape index (κ3) is 5.19. The van der Waals surface area contributed by atoms with Gasteiger partial charge in [0.15, 0.2) is 0 Å². The minimum absolute atomic E-state index is 0. The molecule has 0 spiro atoms. The van der Waals surface area contributed by atoms with E-state index in [0.717, 1.165) is 50.0 Å². The fourth-order valence-electron chi connectivity index (χ4n) is 3.59. The van der Waals surface area contributed by atoms with Gasteiger partial charge in [0.2, 0.25) is 5.91 Å². The highest BCUT2D eigenvalue weighted by atomic mass is 35.5. The quantitative estimate of drug-likeness (QED) is 0.768. The SMILES string of the molecule is Cc1cc(C(=O)NC2CCCC2)ccc1NC(=O)C1CCCNC1.Cl. The van der Waals surface area contributed by atoms with Gasteiger partial charge in [0, 0.05) is 23.8 Å². The zero-order chi connectivity index (χ0) is 16.9. The lowest BCUT2D eigenvalue weighted by Crippen LogP contribution is -2.37. The molecule has 2 fully saturated rings. The molecular formula is C19H28ClN3O2. The highest BCUT2D eigenvalue weighted by molar-refractivity contribution is 5.97. The fourth-order valence-corrected chi connectivity index (χ4v) is 3.59. The van der Waals surface area contributed by atoms with Crippen LogP contribution >= 0.6 is 12.4 Å². The number of hydrogen-bond donors (Lipinski definition) is 3. The summed E-state index contributed by atoms with van der Waals surface area (Å²) in [5.41, 5.74) is 2.38. The number of anilines is 1. The van der Waals surface area contributed by atoms with E-state index in [1.165, 1.54) is 12.8 Å². The highest BCUT2D eigenvalue weighted by Crippen LogP contribution is 2.21. The number of carbonyl (C=O) groups is 2. The van der Waals surface area contributed by atoms with Gasteiger partial charge in [-0.25, -0.2) is 0 Å². The third-order valence-corrected chi connectivity index (χ3v) is 5.10. The number of hydrogen-bond acceptors (Lipinski definition) is 3. The van der Waals surface area contributed by atoms with Crippen molar-refractivity contribution in [2.45, 2.75) is 51.5 Å². The summed E-state index contributed by atoms with van der Waals surface area (Å²) >= 11 is 0. The monoisotopic (exact) mass is 365 g/mol. The van der Waals surface area contributed by atoms with Crippen LogP contribution in [-0.2, 0) is 4.79 Å². The highest BCUT2D eigenvalue weighted by Gasteiger charge is 2.22. The van der Waals surface area contributed by atoms with Crippen LogP contribution in [-0.4, -0.2) is 30.9 Å². The predicted molar refractivity (Wildman–Crippen MR) is 102 cm³/mol. The van der Waals surface area contributed by atoms with E-state index in [0.29, 0.717) is 11.6 Å². The lowest BCUT2D eigenvalue weighted by molar-refractivity contribution is -0.120. The lowest BCUT2D eigenvalue weighted by atomic mass is 9.98. The number of benzene rings is 1. The Kier molecular flexibility index (Phi) is 7.26. The molecule has 1 saturated carbocycles. The maximum absolute atomic E-state index is 12.3. The van der Waals surface area contributed by atoms with E-state index in [1.807, 2.05) is 19.1 Å². The van der Waals surface area contributed by atoms with Crippen molar-refractivity contribution in [2.75, 3.05) is 18.4 Å². The van der Waals surface area contributed by atoms with Crippen LogP contribution in [0.2, 0.25) is 0 Å². The topological polar surface area (TPSA) is 70.2 Å². The van der Waals surface area contributed by atoms with Crippen molar-refractivity contribution < 1.29 is 9.59 Å². The van der Waals surface area contributed by atoms with Gasteiger partial charge in [-0.3, -0.25) is 9.59 Å². The number of rotatable bonds is 4. The largest absolute Gasteiger partial charge is 0.349 e. The first kappa shape index (κ1) is 19.7. The maximum atomic E-state index is 12.3. The second-order valence-corrected chi connectivity index (χ2v) is 7.02. The number of nitrogens with one attached hydrogen (secondary N) is 3. The molecule has 138 valence electrons. The van der Waals surface area contributed by atoms with E-state index >= 15 is 0 Å². The van der Waals surface area contributed by atoms with E-state index in [-0.39, 0.29) is 30.1 Å². The average molecular weight is 366 g/mol. The number of amides is 2. The Morgan fingerprint density at radius 2 is 1.88 bits per heavy atom. The predicted octanol–water partition coefficient (Wildman–Crippen LogP) is 3.03. The van der Waals surface area contributed by atoms with Crippen LogP contribution in [0.1, 0.15) is 54.4 Å². The minimum atomic E-state index is -0.0145. The van der Waals surface area contributed by atoms with Crippen LogP contribution in [0.3, 0.4) is 0 Å². The summed E-state index contributed by atoms with van der Waals surface area (Å²) in [6.45, 7) is 3.67. The van der Waals surface area contributed by atoms with E-state index in [1.54, 1.807) is 6.07 Å². The molecule has 1 heterocycles. The molecule has 25 heavy (non-hydrogen) atoms. The van der Waals surface area contributed by atoms with Gasteiger partial charge in [-0.15, -0.1) is 12.4 Å². The van der Waals surface area contributed by atoms with Crippen molar-refractivity contribution in [3.8, 4) is 0 Å². The van der Waals surface area contributed by atoms with Crippen molar-refractivity contribution in [2.24, 2.45) is 5.92 Å². The zero-order valence-corrected chi connectivity index (χ0v) is 15.6. The van der Waals surface area contributed by atoms with Gasteiger partial charge in [0.05, 0.1) is 5.92 Å². The molecule has 0 radical (unpaired) electrons. The molecule has 6 heteroatoms. The molecular weight excluding hydrogens is 338 g/mol. The zero-order valence-electron chi connectivity index (χ0n) is 14.8. The summed E-state index contributed by atoms with van der Waals surface area (Å²) in [5, 5.41) is 9.37. The summed E-state index contributed by atoms with van der Waals surface area (Å²) in [7, 11) is 0. The Labute approximate surface area is 155 Å². The third-order valence-electron chi connectivity index (χ3n) is 5.10. The van der Waals surface area contributed by atoms with Crippen LogP contribution in [0, 0.1) is 12.8 Å². The van der Waals surface area contributed by atoms with Crippen molar-refractivity contribution in [3.63, 3.8) is 0 Å². The lowest BCUT2D eigenvalue weighted by Gasteiger charge is -2.22. The normalized spacial score (nSPS) is 20.6. The second kappa shape index (κ2) is 9.20. The van der Waals surface area contributed by atoms with Crippen molar-refractivity contribution >= 4 is 29.9 Å². The van der Waals surface area contributed by atoms with Gasteiger partial charge in [-0.05, 0) is 62.9 Å². The van der Waals surface area contributed by atoms with Crippen molar-refractivity contribution in [3.05, 3.63) is 29.3 Å². The smallest absolute Gasteiger partial charge is 0.251 e. The van der Waals surface area contributed by atoms with Crippen LogP contribution < -0.4 is 16.0 Å². The summed E-state index contributed by atoms with van der Waals surface area (Å²) in [6.07, 6.45) is 6.52. The first-order valence-corrected chi connectivity index (χ1v) is 9.06.